The van der Waals surface area contributed by atoms with Crippen molar-refractivity contribution in [2.24, 2.45) is 11.8 Å². The summed E-state index contributed by atoms with van der Waals surface area (Å²) in [4.78, 5) is 23.0. The largest absolute Gasteiger partial charge is 0.481 e. The van der Waals surface area contributed by atoms with Gasteiger partial charge in [0.05, 0.1) is 16.6 Å². The quantitative estimate of drug-likeness (QED) is 0.835. The molecule has 2 aliphatic rings. The van der Waals surface area contributed by atoms with Crippen molar-refractivity contribution in [2.45, 2.75) is 19.3 Å². The summed E-state index contributed by atoms with van der Waals surface area (Å²) in [7, 11) is 0. The lowest BCUT2D eigenvalue weighted by atomic mass is 9.97. The van der Waals surface area contributed by atoms with Gasteiger partial charge in [0.2, 0.25) is 0 Å². The molecule has 4 nitrogen and oxygen atoms in total. The highest BCUT2D eigenvalue weighted by molar-refractivity contribution is 6.34. The molecule has 0 aromatic heterocycles. The predicted molar refractivity (Wildman–Crippen MR) is 71.8 cm³/mol. The van der Waals surface area contributed by atoms with Gasteiger partial charge in [-0.2, -0.15) is 0 Å². The summed E-state index contributed by atoms with van der Waals surface area (Å²) >= 11 is 6.18. The van der Waals surface area contributed by atoms with Crippen molar-refractivity contribution in [3.05, 3.63) is 28.3 Å². The number of aryl methyl sites for hydroxylation is 1. The van der Waals surface area contributed by atoms with Gasteiger partial charge in [-0.3, -0.25) is 9.59 Å². The molecule has 1 fully saturated rings. The summed E-state index contributed by atoms with van der Waals surface area (Å²) in [5.74, 6) is -1.87. The van der Waals surface area contributed by atoms with Crippen LogP contribution in [0, 0.1) is 11.8 Å². The molecule has 1 heterocycles. The van der Waals surface area contributed by atoms with Crippen molar-refractivity contribution in [3.63, 3.8) is 0 Å². The first-order valence-electron chi connectivity index (χ1n) is 6.41. The molecule has 1 aromatic rings. The highest BCUT2D eigenvalue weighted by Crippen LogP contribution is 2.42. The minimum Gasteiger partial charge on any atom is -0.481 e. The number of Topliss-reactive ketones (excluding diaryl/α,β-unsaturated/α-hetero) is 1. The first kappa shape index (κ1) is 12.5. The van der Waals surface area contributed by atoms with Gasteiger partial charge in [-0.15, -0.1) is 0 Å². The second-order valence-electron chi connectivity index (χ2n) is 5.17. The van der Waals surface area contributed by atoms with E-state index >= 15 is 0 Å². The maximum absolute atomic E-state index is 12.2. The first-order chi connectivity index (χ1) is 9.08. The lowest BCUT2D eigenvalue weighted by Crippen LogP contribution is -2.14. The molecule has 0 bridgehead atoms. The Morgan fingerprint density at radius 3 is 2.79 bits per heavy atom. The summed E-state index contributed by atoms with van der Waals surface area (Å²) in [6, 6.07) is 3.51. The number of halogens is 1. The summed E-state index contributed by atoms with van der Waals surface area (Å²) in [5.41, 5.74) is 2.51. The molecule has 1 aromatic carbocycles. The Kier molecular flexibility index (Phi) is 2.97. The molecule has 2 N–H and O–H groups in total. The molecule has 5 heteroatoms. The highest BCUT2D eigenvalue weighted by Gasteiger charge is 2.48. The van der Waals surface area contributed by atoms with E-state index < -0.39 is 11.9 Å². The molecule has 0 radical (unpaired) electrons. The van der Waals surface area contributed by atoms with Gasteiger partial charge in [-0.25, -0.2) is 0 Å². The second kappa shape index (κ2) is 4.53. The topological polar surface area (TPSA) is 66.4 Å². The van der Waals surface area contributed by atoms with E-state index in [0.717, 1.165) is 30.6 Å². The summed E-state index contributed by atoms with van der Waals surface area (Å²) in [6.45, 7) is 0.893. The van der Waals surface area contributed by atoms with Crippen LogP contribution >= 0.6 is 11.6 Å². The van der Waals surface area contributed by atoms with Crippen LogP contribution in [0.2, 0.25) is 5.02 Å². The van der Waals surface area contributed by atoms with Crippen molar-refractivity contribution < 1.29 is 14.7 Å². The van der Waals surface area contributed by atoms with Crippen LogP contribution in [-0.4, -0.2) is 23.4 Å². The molecule has 19 heavy (non-hydrogen) atoms. The van der Waals surface area contributed by atoms with Crippen LogP contribution in [0.1, 0.15) is 28.8 Å². The Balaban J connectivity index is 1.88. The Morgan fingerprint density at radius 2 is 2.11 bits per heavy atom. The number of aliphatic carboxylic acids is 1. The van der Waals surface area contributed by atoms with Crippen molar-refractivity contribution in [2.75, 3.05) is 11.9 Å². The van der Waals surface area contributed by atoms with E-state index in [4.69, 9.17) is 16.7 Å². The fourth-order valence-corrected chi connectivity index (χ4v) is 2.97. The van der Waals surface area contributed by atoms with Gasteiger partial charge < -0.3 is 10.4 Å². The molecule has 1 saturated carbocycles. The van der Waals surface area contributed by atoms with Crippen LogP contribution in [0.5, 0.6) is 0 Å². The van der Waals surface area contributed by atoms with Gasteiger partial charge in [-0.05, 0) is 37.0 Å². The Hall–Kier alpha value is -1.55. The van der Waals surface area contributed by atoms with Gasteiger partial charge >= 0.3 is 5.97 Å². The lowest BCUT2D eigenvalue weighted by molar-refractivity contribution is -0.138. The third-order valence-corrected chi connectivity index (χ3v) is 4.12. The van der Waals surface area contributed by atoms with Crippen LogP contribution in [0.4, 0.5) is 5.69 Å². The number of benzene rings is 1. The molecular weight excluding hydrogens is 266 g/mol. The minimum atomic E-state index is -0.885. The van der Waals surface area contributed by atoms with Crippen LogP contribution in [-0.2, 0) is 11.2 Å². The number of hydrogen-bond donors (Lipinski definition) is 2. The van der Waals surface area contributed by atoms with Gasteiger partial charge in [0.1, 0.15) is 0 Å². The van der Waals surface area contributed by atoms with Gasteiger partial charge in [0.15, 0.2) is 5.78 Å². The van der Waals surface area contributed by atoms with E-state index in [1.807, 2.05) is 6.07 Å². The van der Waals surface area contributed by atoms with Crippen LogP contribution in [0.3, 0.4) is 0 Å². The molecule has 3 rings (SSSR count). The maximum Gasteiger partial charge on any atom is 0.307 e. The molecule has 0 amide bonds. The molecule has 0 spiro atoms. The third kappa shape index (κ3) is 2.21. The molecule has 100 valence electrons. The van der Waals surface area contributed by atoms with E-state index in [9.17, 15) is 9.59 Å². The number of hydrogen-bond acceptors (Lipinski definition) is 3. The average molecular weight is 280 g/mol. The number of carbonyl (C=O) groups is 2. The van der Waals surface area contributed by atoms with Gasteiger partial charge in [0, 0.05) is 18.0 Å². The van der Waals surface area contributed by atoms with Gasteiger partial charge in [-0.1, -0.05) is 11.6 Å². The number of nitrogens with one attached hydrogen (secondary N) is 1. The number of carboxylic acid groups (broad SMARTS) is 1. The summed E-state index contributed by atoms with van der Waals surface area (Å²) < 4.78 is 0. The predicted octanol–water partition coefficient (Wildman–Crippen LogP) is 2.60. The average Bonchev–Trinajstić information content (AvgIpc) is 3.18. The maximum atomic E-state index is 12.2. The number of carbonyl (C=O) groups excluding carboxylic acids is 1. The van der Waals surface area contributed by atoms with Crippen molar-refractivity contribution in [3.8, 4) is 0 Å². The molecule has 1 unspecified atom stereocenters. The Bertz CT molecular complexity index is 570. The summed E-state index contributed by atoms with van der Waals surface area (Å²) in [6.07, 6.45) is 2.36. The molecule has 2 atom stereocenters. The third-order valence-electron chi connectivity index (χ3n) is 3.83. The minimum absolute atomic E-state index is 0.0947. The fourth-order valence-electron chi connectivity index (χ4n) is 2.67. The monoisotopic (exact) mass is 279 g/mol. The SMILES string of the molecule is O=C(c1cc(Cl)c2c(c1)CCCN2)C1C[C@@H]1C(=O)O. The van der Waals surface area contributed by atoms with Crippen LogP contribution < -0.4 is 5.32 Å². The standard InChI is InChI=1S/C14H14ClNO3/c15-11-5-8(4-7-2-1-3-16-12(7)11)13(17)9-6-10(9)14(18)19/h4-5,9-10,16H,1-3,6H2,(H,18,19)/t9?,10-/m0/s1. The summed E-state index contributed by atoms with van der Waals surface area (Å²) in [5, 5.41) is 12.7. The van der Waals surface area contributed by atoms with Crippen LogP contribution in [0.15, 0.2) is 12.1 Å². The zero-order valence-electron chi connectivity index (χ0n) is 10.3. The highest BCUT2D eigenvalue weighted by atomic mass is 35.5. The molecular formula is C14H14ClNO3. The first-order valence-corrected chi connectivity index (χ1v) is 6.79. The fraction of sp³-hybridized carbons (Fsp3) is 0.429. The second-order valence-corrected chi connectivity index (χ2v) is 5.58. The van der Waals surface area contributed by atoms with E-state index in [-0.39, 0.29) is 11.7 Å². The van der Waals surface area contributed by atoms with Crippen molar-refractivity contribution in [1.82, 2.24) is 0 Å². The van der Waals surface area contributed by atoms with Gasteiger partial charge in [0.25, 0.3) is 0 Å². The van der Waals surface area contributed by atoms with E-state index in [0.29, 0.717) is 17.0 Å². The Labute approximate surface area is 115 Å². The lowest BCUT2D eigenvalue weighted by Gasteiger charge is -2.20. The van der Waals surface area contributed by atoms with Crippen LogP contribution in [0.25, 0.3) is 0 Å². The zero-order valence-corrected chi connectivity index (χ0v) is 11.0. The molecule has 0 saturated heterocycles. The van der Waals surface area contributed by atoms with E-state index in [1.165, 1.54) is 0 Å². The smallest absolute Gasteiger partial charge is 0.307 e. The molecule has 1 aliphatic carbocycles. The number of anilines is 1. The normalized spacial score (nSPS) is 24.3. The van der Waals surface area contributed by atoms with E-state index in [2.05, 4.69) is 5.32 Å². The Morgan fingerprint density at radius 1 is 1.32 bits per heavy atom. The van der Waals surface area contributed by atoms with Crippen molar-refractivity contribution >= 4 is 29.0 Å². The number of carboxylic acids is 1. The molecule has 1 aliphatic heterocycles. The number of rotatable bonds is 3. The zero-order chi connectivity index (χ0) is 13.6. The van der Waals surface area contributed by atoms with Crippen molar-refractivity contribution in [1.29, 1.82) is 0 Å². The number of ketones is 1. The van der Waals surface area contributed by atoms with E-state index in [1.54, 1.807) is 6.07 Å². The number of fused-ring (bicyclic) bond motifs is 1.